The molecule has 0 bridgehead atoms. The van der Waals surface area contributed by atoms with E-state index in [2.05, 4.69) is 17.1 Å². The van der Waals surface area contributed by atoms with E-state index in [-0.39, 0.29) is 24.1 Å². The van der Waals surface area contributed by atoms with Gasteiger partial charge in [0, 0.05) is 37.9 Å². The van der Waals surface area contributed by atoms with E-state index in [0.29, 0.717) is 17.8 Å². The maximum atomic E-state index is 13.4. The summed E-state index contributed by atoms with van der Waals surface area (Å²) >= 11 is 0. The van der Waals surface area contributed by atoms with Gasteiger partial charge in [-0.15, -0.1) is 0 Å². The first-order chi connectivity index (χ1) is 14.1. The fraction of sp³-hybridized carbons (Fsp3) is 0.458. The molecule has 0 amide bonds. The molecular formula is C24H29FN2O2. The fourth-order valence-electron chi connectivity index (χ4n) is 5.12. The lowest BCUT2D eigenvalue weighted by atomic mass is 9.74. The zero-order valence-corrected chi connectivity index (χ0v) is 17.0. The Kier molecular flexibility index (Phi) is 6.09. The maximum Gasteiger partial charge on any atom is 0.123 e. The average molecular weight is 397 g/mol. The first-order valence-electron chi connectivity index (χ1n) is 10.3. The second-order valence-corrected chi connectivity index (χ2v) is 8.26. The third kappa shape index (κ3) is 4.27. The van der Waals surface area contributed by atoms with E-state index in [1.165, 1.54) is 12.1 Å². The molecule has 2 aliphatic rings. The quantitative estimate of drug-likeness (QED) is 0.818. The molecule has 2 fully saturated rings. The Hall–Kier alpha value is -2.08. The lowest BCUT2D eigenvalue weighted by Crippen LogP contribution is -2.45. The van der Waals surface area contributed by atoms with Crippen LogP contribution in [0, 0.1) is 23.6 Å². The fourth-order valence-corrected chi connectivity index (χ4v) is 5.12. The molecule has 2 saturated carbocycles. The smallest absolute Gasteiger partial charge is 0.123 e. The largest absolute Gasteiger partial charge is 0.381 e. The number of ether oxygens (including phenoxy) is 2. The Labute approximate surface area is 171 Å². The van der Waals surface area contributed by atoms with Gasteiger partial charge in [0.1, 0.15) is 5.82 Å². The number of aromatic nitrogens is 1. The van der Waals surface area contributed by atoms with Crippen LogP contribution in [0.25, 0.3) is 17.2 Å². The van der Waals surface area contributed by atoms with Crippen molar-refractivity contribution < 1.29 is 13.9 Å². The minimum Gasteiger partial charge on any atom is -0.381 e. The second-order valence-electron chi connectivity index (χ2n) is 8.26. The van der Waals surface area contributed by atoms with Crippen LogP contribution in [0.1, 0.15) is 25.0 Å². The lowest BCUT2D eigenvalue weighted by Gasteiger charge is -2.37. The highest BCUT2D eigenvalue weighted by Gasteiger charge is 2.47. The molecule has 0 spiro atoms. The van der Waals surface area contributed by atoms with Gasteiger partial charge in [0.15, 0.2) is 0 Å². The Balaban J connectivity index is 1.49. The highest BCUT2D eigenvalue weighted by Crippen LogP contribution is 2.48. The van der Waals surface area contributed by atoms with Gasteiger partial charge < -0.3 is 15.2 Å². The van der Waals surface area contributed by atoms with Gasteiger partial charge in [-0.1, -0.05) is 24.3 Å². The molecule has 0 saturated heterocycles. The van der Waals surface area contributed by atoms with E-state index in [0.717, 1.165) is 36.1 Å². The Morgan fingerprint density at radius 2 is 1.83 bits per heavy atom. The van der Waals surface area contributed by atoms with E-state index >= 15 is 0 Å². The van der Waals surface area contributed by atoms with Crippen molar-refractivity contribution in [1.29, 1.82) is 0 Å². The lowest BCUT2D eigenvalue weighted by molar-refractivity contribution is 0.0163. The molecule has 1 heterocycles. The van der Waals surface area contributed by atoms with Crippen LogP contribution in [0.5, 0.6) is 0 Å². The highest BCUT2D eigenvalue weighted by atomic mass is 19.1. The van der Waals surface area contributed by atoms with Gasteiger partial charge in [-0.3, -0.25) is 4.98 Å². The van der Waals surface area contributed by atoms with E-state index < -0.39 is 0 Å². The molecule has 154 valence electrons. The van der Waals surface area contributed by atoms with Crippen molar-refractivity contribution in [2.75, 3.05) is 14.2 Å². The minimum atomic E-state index is -0.241. The monoisotopic (exact) mass is 396 g/mol. The zero-order chi connectivity index (χ0) is 20.4. The first kappa shape index (κ1) is 20.2. The normalized spacial score (nSPS) is 31.9. The predicted molar refractivity (Wildman–Crippen MR) is 113 cm³/mol. The minimum absolute atomic E-state index is 0.0800. The van der Waals surface area contributed by atoms with Crippen LogP contribution in [-0.4, -0.2) is 37.5 Å². The van der Waals surface area contributed by atoms with Gasteiger partial charge in [-0.25, -0.2) is 4.39 Å². The summed E-state index contributed by atoms with van der Waals surface area (Å²) in [5.41, 5.74) is 8.98. The third-order valence-corrected chi connectivity index (χ3v) is 6.66. The number of benzene rings is 1. The number of halogens is 1. The van der Waals surface area contributed by atoms with Crippen LogP contribution < -0.4 is 5.73 Å². The topological polar surface area (TPSA) is 57.4 Å². The summed E-state index contributed by atoms with van der Waals surface area (Å²) in [4.78, 5) is 4.55. The van der Waals surface area contributed by atoms with E-state index in [1.807, 2.05) is 18.2 Å². The van der Waals surface area contributed by atoms with Crippen molar-refractivity contribution in [3.8, 4) is 11.1 Å². The van der Waals surface area contributed by atoms with Crippen molar-refractivity contribution >= 4 is 6.08 Å². The number of nitrogens with zero attached hydrogens (tertiary/aromatic N) is 1. The van der Waals surface area contributed by atoms with Crippen molar-refractivity contribution in [2.24, 2.45) is 23.5 Å². The molecule has 6 atom stereocenters. The Morgan fingerprint density at radius 1 is 1.03 bits per heavy atom. The van der Waals surface area contributed by atoms with Gasteiger partial charge >= 0.3 is 0 Å². The molecule has 1 aromatic carbocycles. The molecule has 0 aliphatic heterocycles. The molecule has 2 aliphatic carbocycles. The molecule has 4 nitrogen and oxygen atoms in total. The summed E-state index contributed by atoms with van der Waals surface area (Å²) in [5.74, 6) is 1.19. The van der Waals surface area contributed by atoms with E-state index in [4.69, 9.17) is 15.2 Å². The molecule has 5 heteroatoms. The Bertz CT molecular complexity index is 854. The number of nitrogens with two attached hydrogens (primary N) is 1. The van der Waals surface area contributed by atoms with Crippen molar-refractivity contribution in [1.82, 2.24) is 4.98 Å². The molecule has 1 aromatic heterocycles. The third-order valence-electron chi connectivity index (χ3n) is 6.66. The van der Waals surface area contributed by atoms with Crippen LogP contribution >= 0.6 is 0 Å². The summed E-state index contributed by atoms with van der Waals surface area (Å²) in [5, 5.41) is 0. The number of methoxy groups -OCH3 is 2. The summed E-state index contributed by atoms with van der Waals surface area (Å²) in [6.07, 6.45) is 9.47. The SMILES string of the molecule is CO[C@H]1C[C@@H]2C[C@H](OC)[C@@H](N)C[C@H]2[C@@H]1C=Cc1ccc(-c2cccc(F)c2)cn1. The van der Waals surface area contributed by atoms with E-state index in [9.17, 15) is 4.39 Å². The van der Waals surface area contributed by atoms with Crippen molar-refractivity contribution in [2.45, 2.75) is 37.5 Å². The van der Waals surface area contributed by atoms with Gasteiger partial charge in [0.2, 0.25) is 0 Å². The van der Waals surface area contributed by atoms with Crippen LogP contribution in [0.4, 0.5) is 4.39 Å². The van der Waals surface area contributed by atoms with Crippen LogP contribution in [0.2, 0.25) is 0 Å². The zero-order valence-electron chi connectivity index (χ0n) is 17.0. The predicted octanol–water partition coefficient (Wildman–Crippen LogP) is 4.30. The first-order valence-corrected chi connectivity index (χ1v) is 10.3. The number of fused-ring (bicyclic) bond motifs is 1. The maximum absolute atomic E-state index is 13.4. The second kappa shape index (κ2) is 8.74. The van der Waals surface area contributed by atoms with Crippen molar-refractivity contribution in [3.63, 3.8) is 0 Å². The van der Waals surface area contributed by atoms with Gasteiger partial charge in [-0.05, 0) is 60.9 Å². The number of rotatable bonds is 5. The molecule has 2 N–H and O–H groups in total. The number of pyridine rings is 1. The van der Waals surface area contributed by atoms with Crippen molar-refractivity contribution in [3.05, 3.63) is 60.2 Å². The van der Waals surface area contributed by atoms with E-state index in [1.54, 1.807) is 26.5 Å². The Morgan fingerprint density at radius 3 is 2.52 bits per heavy atom. The summed E-state index contributed by atoms with van der Waals surface area (Å²) in [6.45, 7) is 0. The highest BCUT2D eigenvalue weighted by molar-refractivity contribution is 5.63. The summed E-state index contributed by atoms with van der Waals surface area (Å²) in [7, 11) is 3.55. The number of hydrogen-bond donors (Lipinski definition) is 1. The van der Waals surface area contributed by atoms with Crippen LogP contribution in [0.3, 0.4) is 0 Å². The van der Waals surface area contributed by atoms with Crippen LogP contribution in [0.15, 0.2) is 48.7 Å². The van der Waals surface area contributed by atoms with Crippen LogP contribution in [-0.2, 0) is 9.47 Å². The average Bonchev–Trinajstić information content (AvgIpc) is 3.08. The standard InChI is InChI=1S/C24H29FN2O2/c1-28-23-11-17-12-24(29-2)22(26)13-21(17)20(23)9-8-19-7-6-16(14-27-19)15-4-3-5-18(25)10-15/h3-10,14,17,20-24H,11-13,26H2,1-2H3/t17-,20+,21-,22+,23+,24+/m1/s1. The van der Waals surface area contributed by atoms with Gasteiger partial charge in [0.05, 0.1) is 17.9 Å². The molecule has 0 radical (unpaired) electrons. The molecule has 29 heavy (non-hydrogen) atoms. The summed E-state index contributed by atoms with van der Waals surface area (Å²) < 4.78 is 24.8. The number of hydrogen-bond acceptors (Lipinski definition) is 4. The van der Waals surface area contributed by atoms with Gasteiger partial charge in [-0.2, -0.15) is 0 Å². The molecule has 0 unspecified atom stereocenters. The molecule has 4 rings (SSSR count). The summed E-state index contributed by atoms with van der Waals surface area (Å²) in [6, 6.07) is 10.6. The van der Waals surface area contributed by atoms with Gasteiger partial charge in [0.25, 0.3) is 0 Å². The molecule has 2 aromatic rings. The molecular weight excluding hydrogens is 367 g/mol.